The lowest BCUT2D eigenvalue weighted by atomic mass is 9.88. The first-order valence-corrected chi connectivity index (χ1v) is 17.8. The van der Waals surface area contributed by atoms with Gasteiger partial charge in [-0.2, -0.15) is 74.6 Å². The normalized spacial score (nSPS) is 15.1. The van der Waals surface area contributed by atoms with Crippen molar-refractivity contribution >= 4 is 0 Å². The van der Waals surface area contributed by atoms with Gasteiger partial charge in [-0.25, -0.2) is 0 Å². The molecular formula is C34H55F17N+. The molecule has 314 valence electrons. The molecule has 0 aliphatic heterocycles. The van der Waals surface area contributed by atoms with Gasteiger partial charge < -0.3 is 4.48 Å². The number of alkyl halides is 17. The summed E-state index contributed by atoms with van der Waals surface area (Å²) in [5.41, 5.74) is 0. The maximum absolute atomic E-state index is 15.1. The van der Waals surface area contributed by atoms with Gasteiger partial charge in [-0.05, 0) is 56.3 Å². The van der Waals surface area contributed by atoms with E-state index in [1.165, 1.54) is 0 Å². The average molecular weight is 801 g/mol. The third-order valence-corrected chi connectivity index (χ3v) is 9.43. The van der Waals surface area contributed by atoms with E-state index in [9.17, 15) is 65.9 Å². The molecule has 0 aliphatic rings. The highest BCUT2D eigenvalue weighted by molar-refractivity contribution is 5.15. The van der Waals surface area contributed by atoms with Crippen LogP contribution in [-0.4, -0.2) is 78.3 Å². The van der Waals surface area contributed by atoms with Crippen molar-refractivity contribution in [3.8, 4) is 0 Å². The van der Waals surface area contributed by atoms with E-state index in [1.54, 1.807) is 0 Å². The van der Waals surface area contributed by atoms with Gasteiger partial charge in [-0.3, -0.25) is 0 Å². The van der Waals surface area contributed by atoms with Crippen molar-refractivity contribution in [1.29, 1.82) is 0 Å². The Kier molecular flexibility index (Phi) is 18.6. The van der Waals surface area contributed by atoms with Crippen LogP contribution in [0.15, 0.2) is 0 Å². The molecule has 0 bridgehead atoms. The number of halogens is 17. The van der Waals surface area contributed by atoms with E-state index in [0.29, 0.717) is 75.5 Å². The van der Waals surface area contributed by atoms with Crippen molar-refractivity contribution in [2.45, 2.75) is 173 Å². The van der Waals surface area contributed by atoms with Crippen LogP contribution in [0.1, 0.15) is 125 Å². The quantitative estimate of drug-likeness (QED) is 0.0441. The largest absolute Gasteiger partial charge is 0.460 e. The van der Waals surface area contributed by atoms with Gasteiger partial charge in [0.2, 0.25) is 0 Å². The second-order valence-corrected chi connectivity index (χ2v) is 15.4. The van der Waals surface area contributed by atoms with Crippen LogP contribution >= 0.6 is 0 Å². The van der Waals surface area contributed by atoms with Crippen LogP contribution in [0, 0.1) is 17.8 Å². The molecule has 0 N–H and O–H groups in total. The number of hydrogen-bond acceptors (Lipinski definition) is 0. The Labute approximate surface area is 296 Å². The predicted octanol–water partition coefficient (Wildman–Crippen LogP) is 13.9. The number of quaternary nitrogens is 1. The summed E-state index contributed by atoms with van der Waals surface area (Å²) in [5, 5.41) is 0. The van der Waals surface area contributed by atoms with Crippen molar-refractivity contribution in [1.82, 2.24) is 0 Å². The van der Waals surface area contributed by atoms with Gasteiger partial charge in [0.25, 0.3) is 0 Å². The van der Waals surface area contributed by atoms with Crippen LogP contribution in [0.4, 0.5) is 74.6 Å². The minimum atomic E-state index is -8.61. The topological polar surface area (TPSA) is 0 Å². The van der Waals surface area contributed by atoms with Gasteiger partial charge >= 0.3 is 47.6 Å². The molecule has 0 aromatic carbocycles. The molecule has 18 heteroatoms. The minimum Gasteiger partial charge on any atom is -0.323 e. The maximum Gasteiger partial charge on any atom is 0.460 e. The van der Waals surface area contributed by atoms with Crippen molar-refractivity contribution in [3.05, 3.63) is 0 Å². The molecule has 52 heavy (non-hydrogen) atoms. The Balaban J connectivity index is 6.69. The van der Waals surface area contributed by atoms with E-state index < -0.39 is 60.6 Å². The van der Waals surface area contributed by atoms with E-state index in [4.69, 9.17) is 0 Å². The van der Waals surface area contributed by atoms with E-state index in [2.05, 4.69) is 0 Å². The van der Waals surface area contributed by atoms with Gasteiger partial charge in [0.1, 0.15) is 0 Å². The van der Waals surface area contributed by atoms with Crippen molar-refractivity contribution in [2.24, 2.45) is 17.8 Å². The first kappa shape index (κ1) is 50.8. The summed E-state index contributed by atoms with van der Waals surface area (Å²) >= 11 is 0. The van der Waals surface area contributed by atoms with E-state index in [0.717, 1.165) is 19.3 Å². The van der Waals surface area contributed by atoms with Gasteiger partial charge in [0, 0.05) is 0 Å². The van der Waals surface area contributed by atoms with Gasteiger partial charge in [0.05, 0.1) is 32.6 Å². The van der Waals surface area contributed by atoms with Crippen molar-refractivity contribution in [2.75, 3.05) is 26.2 Å². The molecule has 0 atom stereocenters. The highest BCUT2D eigenvalue weighted by atomic mass is 19.4. The molecule has 0 heterocycles. The third-order valence-electron chi connectivity index (χ3n) is 9.43. The summed E-state index contributed by atoms with van der Waals surface area (Å²) in [4.78, 5) is 0. The first-order valence-electron chi connectivity index (χ1n) is 17.8. The highest BCUT2D eigenvalue weighted by Gasteiger charge is 2.95. The van der Waals surface area contributed by atoms with Crippen LogP contribution < -0.4 is 0 Å². The van der Waals surface area contributed by atoms with Crippen molar-refractivity contribution in [3.63, 3.8) is 0 Å². The average Bonchev–Trinajstić information content (AvgIpc) is 2.97. The molecule has 0 radical (unpaired) electrons. The fourth-order valence-corrected chi connectivity index (χ4v) is 5.93. The van der Waals surface area contributed by atoms with Gasteiger partial charge in [0.15, 0.2) is 0 Å². The van der Waals surface area contributed by atoms with E-state index in [-0.39, 0.29) is 24.1 Å². The third kappa shape index (κ3) is 12.1. The number of rotatable bonds is 27. The number of hydrogen-bond donors (Lipinski definition) is 0. The smallest absolute Gasteiger partial charge is 0.323 e. The Morgan fingerprint density at radius 3 is 0.865 bits per heavy atom. The molecule has 0 fully saturated rings. The molecule has 0 unspecified atom stereocenters. The Morgan fingerprint density at radius 2 is 0.596 bits per heavy atom. The van der Waals surface area contributed by atoms with Crippen molar-refractivity contribution < 1.29 is 79.1 Å². The molecule has 0 spiro atoms. The van der Waals surface area contributed by atoms with Gasteiger partial charge in [-0.1, -0.05) is 80.1 Å². The molecular weight excluding hydrogens is 745 g/mol. The zero-order valence-electron chi connectivity index (χ0n) is 30.6. The second kappa shape index (κ2) is 19.1. The molecule has 0 aromatic heterocycles. The Bertz CT molecular complexity index is 974. The summed E-state index contributed by atoms with van der Waals surface area (Å²) in [7, 11) is 0. The molecule has 0 aliphatic carbocycles. The van der Waals surface area contributed by atoms with Crippen LogP contribution in [0.5, 0.6) is 0 Å². The van der Waals surface area contributed by atoms with Gasteiger partial charge in [-0.15, -0.1) is 0 Å². The first-order chi connectivity index (χ1) is 23.2. The Hall–Kier alpha value is -1.23. The summed E-state index contributed by atoms with van der Waals surface area (Å²) in [6, 6.07) is 0. The number of nitrogens with zero attached hydrogens (tertiary/aromatic N) is 1. The fourth-order valence-electron chi connectivity index (χ4n) is 5.93. The predicted molar refractivity (Wildman–Crippen MR) is 165 cm³/mol. The monoisotopic (exact) mass is 800 g/mol. The van der Waals surface area contributed by atoms with Crippen LogP contribution in [0.3, 0.4) is 0 Å². The lowest BCUT2D eigenvalue weighted by Crippen LogP contribution is -2.74. The molecule has 0 saturated heterocycles. The zero-order chi connectivity index (χ0) is 41.3. The lowest BCUT2D eigenvalue weighted by molar-refractivity contribution is -0.930. The minimum absolute atomic E-state index is 0.0669. The molecule has 1 nitrogen and oxygen atoms in total. The van der Waals surface area contributed by atoms with E-state index >= 15 is 8.78 Å². The fraction of sp³-hybridized carbons (Fsp3) is 1.00. The summed E-state index contributed by atoms with van der Waals surface area (Å²) < 4.78 is 236. The second-order valence-electron chi connectivity index (χ2n) is 15.4. The molecule has 0 rings (SSSR count). The SMILES string of the molecule is CC(C)CCCCC[N+](CCCCCC(C)C)(CCCCCC(C)C)CCC(F)(F)C(F)(F)C(F)(F)C(F)(F)C(F)(F)C(F)(F)C(F)(F)C(F)(F)F. The summed E-state index contributed by atoms with van der Waals surface area (Å²) in [6.45, 7) is 10.9. The van der Waals surface area contributed by atoms with Crippen LogP contribution in [0.2, 0.25) is 0 Å². The summed E-state index contributed by atoms with van der Waals surface area (Å²) in [5.74, 6) is -55.1. The lowest BCUT2D eigenvalue weighted by Gasteiger charge is -2.44. The van der Waals surface area contributed by atoms with Crippen LogP contribution in [-0.2, 0) is 0 Å². The molecule has 0 saturated carbocycles. The van der Waals surface area contributed by atoms with E-state index in [1.807, 2.05) is 41.5 Å². The number of unbranched alkanes of at least 4 members (excludes halogenated alkanes) is 6. The standard InChI is InChI=1S/C34H55F17N/c1-24(2)16-10-7-13-20-52(21-14-8-11-17-25(3)4,22-15-9-12-18-26(5)6)23-19-27(35,36)28(37,38)29(39,40)30(41,42)31(43,44)32(45,46)33(47,48)34(49,50)51/h24-26H,7-23H2,1-6H3/q+1. The highest BCUT2D eigenvalue weighted by Crippen LogP contribution is 2.64. The summed E-state index contributed by atoms with van der Waals surface area (Å²) in [6.07, 6.45) is -2.92. The van der Waals surface area contributed by atoms with Crippen LogP contribution in [0.25, 0.3) is 0 Å². The Morgan fingerprint density at radius 1 is 0.327 bits per heavy atom. The molecule has 0 amide bonds. The molecule has 0 aromatic rings. The maximum atomic E-state index is 15.1. The zero-order valence-corrected chi connectivity index (χ0v) is 30.6.